The number of amides is 2. The van der Waals surface area contributed by atoms with Crippen molar-refractivity contribution in [1.82, 2.24) is 24.3 Å². The molecule has 1 fully saturated rings. The number of nitrogens with zero attached hydrogens (tertiary/aromatic N) is 5. The van der Waals surface area contributed by atoms with Crippen molar-refractivity contribution in [2.75, 3.05) is 17.6 Å². The number of anilines is 2. The smallest absolute Gasteiger partial charge is 0.299 e. The number of carbonyl (C=O) groups is 2. The van der Waals surface area contributed by atoms with E-state index in [0.29, 0.717) is 35.0 Å². The largest absolute Gasteiger partial charge is 0.382 e. The van der Waals surface area contributed by atoms with E-state index in [9.17, 15) is 14.0 Å². The quantitative estimate of drug-likeness (QED) is 0.414. The molecule has 0 radical (unpaired) electrons. The Kier molecular flexibility index (Phi) is 6.51. The lowest BCUT2D eigenvalue weighted by molar-refractivity contribution is -0.129. The molecule has 0 aliphatic carbocycles. The third-order valence-corrected chi connectivity index (χ3v) is 6.29. The maximum Gasteiger partial charge on any atom is 0.299 e. The van der Waals surface area contributed by atoms with Gasteiger partial charge in [-0.25, -0.2) is 19.3 Å². The van der Waals surface area contributed by atoms with Gasteiger partial charge in [0.25, 0.3) is 11.8 Å². The molecule has 1 atom stereocenters. The molecular weight excluding hydrogens is 473 g/mol. The SMILES string of the molecule is CC#CC(=O)N1CCCC[C@H]1c1nc(-c2ccc(C(=O)Nc3cc(F)ccn3)cc2)c2c(N)nccn12. The first-order valence-electron chi connectivity index (χ1n) is 11.9. The number of aromatic nitrogens is 4. The summed E-state index contributed by atoms with van der Waals surface area (Å²) in [5.74, 6) is 5.31. The number of hydrogen-bond acceptors (Lipinski definition) is 6. The predicted octanol–water partition coefficient (Wildman–Crippen LogP) is 3.84. The number of hydrogen-bond donors (Lipinski definition) is 2. The van der Waals surface area contributed by atoms with Gasteiger partial charge in [-0.2, -0.15) is 0 Å². The number of nitrogen functional groups attached to an aromatic ring is 1. The van der Waals surface area contributed by atoms with E-state index >= 15 is 0 Å². The highest BCUT2D eigenvalue weighted by Crippen LogP contribution is 2.35. The summed E-state index contributed by atoms with van der Waals surface area (Å²) in [5.41, 5.74) is 8.59. The number of fused-ring (bicyclic) bond motifs is 1. The van der Waals surface area contributed by atoms with Crippen molar-refractivity contribution in [3.8, 4) is 23.1 Å². The lowest BCUT2D eigenvalue weighted by atomic mass is 10.0. The van der Waals surface area contributed by atoms with E-state index in [0.717, 1.165) is 30.9 Å². The zero-order chi connectivity index (χ0) is 25.9. The van der Waals surface area contributed by atoms with Crippen LogP contribution in [0.3, 0.4) is 0 Å². The summed E-state index contributed by atoms with van der Waals surface area (Å²) < 4.78 is 15.3. The Morgan fingerprint density at radius 3 is 2.70 bits per heavy atom. The number of pyridine rings is 1. The van der Waals surface area contributed by atoms with E-state index in [-0.39, 0.29) is 17.8 Å². The molecule has 1 aliphatic heterocycles. The second-order valence-electron chi connectivity index (χ2n) is 8.63. The lowest BCUT2D eigenvalue weighted by Crippen LogP contribution is -2.38. The van der Waals surface area contributed by atoms with Crippen molar-refractivity contribution in [2.45, 2.75) is 32.2 Å². The van der Waals surface area contributed by atoms with Crippen molar-refractivity contribution in [3.63, 3.8) is 0 Å². The van der Waals surface area contributed by atoms with Crippen molar-refractivity contribution >= 4 is 29.0 Å². The molecule has 0 unspecified atom stereocenters. The Bertz CT molecular complexity index is 1550. The molecule has 0 bridgehead atoms. The van der Waals surface area contributed by atoms with Crippen LogP contribution in [0.5, 0.6) is 0 Å². The molecule has 0 saturated carbocycles. The Morgan fingerprint density at radius 1 is 1.14 bits per heavy atom. The van der Waals surface area contributed by atoms with Crippen LogP contribution in [-0.4, -0.2) is 42.6 Å². The minimum absolute atomic E-state index is 0.122. The number of imidazole rings is 1. The molecule has 1 aromatic carbocycles. The summed E-state index contributed by atoms with van der Waals surface area (Å²) in [4.78, 5) is 40.3. The van der Waals surface area contributed by atoms with E-state index in [1.165, 1.54) is 12.3 Å². The number of carbonyl (C=O) groups excluding carboxylic acids is 2. The molecule has 2 amide bonds. The van der Waals surface area contributed by atoms with Gasteiger partial charge in [0.1, 0.15) is 34.5 Å². The average Bonchev–Trinajstić information content (AvgIpc) is 3.30. The molecule has 5 rings (SSSR count). The van der Waals surface area contributed by atoms with Crippen LogP contribution >= 0.6 is 0 Å². The average molecular weight is 498 g/mol. The summed E-state index contributed by atoms with van der Waals surface area (Å²) in [6, 6.07) is 8.91. The first-order valence-corrected chi connectivity index (χ1v) is 11.9. The van der Waals surface area contributed by atoms with E-state index in [4.69, 9.17) is 10.7 Å². The van der Waals surface area contributed by atoms with Gasteiger partial charge in [-0.15, -0.1) is 0 Å². The first-order chi connectivity index (χ1) is 18.0. The first kappa shape index (κ1) is 23.9. The van der Waals surface area contributed by atoms with Crippen LogP contribution < -0.4 is 11.1 Å². The summed E-state index contributed by atoms with van der Waals surface area (Å²) in [6.45, 7) is 2.25. The van der Waals surface area contributed by atoms with Gasteiger partial charge in [-0.1, -0.05) is 18.1 Å². The van der Waals surface area contributed by atoms with Gasteiger partial charge < -0.3 is 16.0 Å². The molecule has 3 aromatic heterocycles. The van der Waals surface area contributed by atoms with Gasteiger partial charge in [-0.05, 0) is 50.3 Å². The van der Waals surface area contributed by atoms with Crippen molar-refractivity contribution < 1.29 is 14.0 Å². The highest BCUT2D eigenvalue weighted by molar-refractivity contribution is 6.04. The Balaban J connectivity index is 1.50. The second-order valence-corrected chi connectivity index (χ2v) is 8.63. The Hall–Kier alpha value is -4.78. The summed E-state index contributed by atoms with van der Waals surface area (Å²) in [6.07, 6.45) is 7.29. The van der Waals surface area contributed by atoms with E-state index in [2.05, 4.69) is 27.1 Å². The van der Waals surface area contributed by atoms with Gasteiger partial charge >= 0.3 is 0 Å². The molecule has 9 nitrogen and oxygen atoms in total. The normalized spacial score (nSPS) is 15.2. The standard InChI is InChI=1S/C27H24FN7O2/c1-2-5-22(36)34-14-4-3-6-20(34)26-33-23(24-25(29)31-13-15-35(24)26)17-7-9-18(10-8-17)27(37)32-21-16-19(28)11-12-30-21/h7-13,15-16,20H,3-4,6,14H2,1H3,(H2,29,31)(H,30,32,37)/t20-/m0/s1. The highest BCUT2D eigenvalue weighted by atomic mass is 19.1. The summed E-state index contributed by atoms with van der Waals surface area (Å²) in [5, 5.41) is 2.58. The summed E-state index contributed by atoms with van der Waals surface area (Å²) in [7, 11) is 0. The van der Waals surface area contributed by atoms with Crippen LogP contribution in [0.25, 0.3) is 16.8 Å². The molecule has 186 valence electrons. The van der Waals surface area contributed by atoms with E-state index in [1.54, 1.807) is 48.5 Å². The fraction of sp³-hybridized carbons (Fsp3) is 0.222. The maximum absolute atomic E-state index is 13.4. The topological polar surface area (TPSA) is 119 Å². The molecule has 4 aromatic rings. The number of likely N-dealkylation sites (tertiary alicyclic amines) is 1. The fourth-order valence-corrected chi connectivity index (χ4v) is 4.59. The zero-order valence-corrected chi connectivity index (χ0v) is 20.1. The zero-order valence-electron chi connectivity index (χ0n) is 20.1. The minimum atomic E-state index is -0.491. The van der Waals surface area contributed by atoms with Gasteiger partial charge in [0.05, 0.1) is 6.04 Å². The van der Waals surface area contributed by atoms with Gasteiger partial charge in [0.15, 0.2) is 0 Å². The van der Waals surface area contributed by atoms with E-state index in [1.807, 2.05) is 4.40 Å². The number of halogens is 1. The van der Waals surface area contributed by atoms with Crippen LogP contribution in [-0.2, 0) is 4.79 Å². The number of nitrogens with one attached hydrogen (secondary N) is 1. The number of piperidine rings is 1. The molecule has 10 heteroatoms. The van der Waals surface area contributed by atoms with Crippen molar-refractivity contribution in [2.24, 2.45) is 0 Å². The Morgan fingerprint density at radius 2 is 1.95 bits per heavy atom. The minimum Gasteiger partial charge on any atom is -0.382 e. The van der Waals surface area contributed by atoms with Crippen molar-refractivity contribution in [1.29, 1.82) is 0 Å². The monoisotopic (exact) mass is 497 g/mol. The number of nitrogens with two attached hydrogens (primary N) is 1. The molecule has 1 saturated heterocycles. The van der Waals surface area contributed by atoms with Crippen LogP contribution in [0.4, 0.5) is 16.0 Å². The molecule has 37 heavy (non-hydrogen) atoms. The Labute approximate surface area is 212 Å². The van der Waals surface area contributed by atoms with Crippen molar-refractivity contribution in [3.05, 3.63) is 72.2 Å². The van der Waals surface area contributed by atoms with Crippen LogP contribution in [0.15, 0.2) is 55.0 Å². The number of benzene rings is 1. The number of rotatable bonds is 4. The highest BCUT2D eigenvalue weighted by Gasteiger charge is 2.32. The van der Waals surface area contributed by atoms with Gasteiger partial charge in [0, 0.05) is 42.3 Å². The molecule has 0 spiro atoms. The van der Waals surface area contributed by atoms with Gasteiger partial charge in [0.2, 0.25) is 0 Å². The van der Waals surface area contributed by atoms with Crippen LogP contribution in [0, 0.1) is 17.7 Å². The lowest BCUT2D eigenvalue weighted by Gasteiger charge is -2.33. The fourth-order valence-electron chi connectivity index (χ4n) is 4.59. The molecule has 1 aliphatic rings. The maximum atomic E-state index is 13.4. The molecule has 3 N–H and O–H groups in total. The summed E-state index contributed by atoms with van der Waals surface area (Å²) >= 11 is 0. The predicted molar refractivity (Wildman–Crippen MR) is 137 cm³/mol. The second kappa shape index (κ2) is 10.1. The van der Waals surface area contributed by atoms with E-state index < -0.39 is 11.7 Å². The van der Waals surface area contributed by atoms with Crippen LogP contribution in [0.2, 0.25) is 0 Å². The third kappa shape index (κ3) is 4.71. The molecular formula is C27H24FN7O2. The molecule has 4 heterocycles. The third-order valence-electron chi connectivity index (χ3n) is 6.29. The van der Waals surface area contributed by atoms with Gasteiger partial charge in [-0.3, -0.25) is 14.0 Å². The van der Waals surface area contributed by atoms with Crippen LogP contribution in [0.1, 0.15) is 48.4 Å².